The van der Waals surface area contributed by atoms with Crippen molar-refractivity contribution in [3.63, 3.8) is 0 Å². The van der Waals surface area contributed by atoms with Crippen molar-refractivity contribution in [2.24, 2.45) is 4.99 Å². The molecule has 0 radical (unpaired) electrons. The molecule has 2 N–H and O–H groups in total. The molecule has 2 aromatic rings. The van der Waals surface area contributed by atoms with E-state index in [1.807, 2.05) is 0 Å². The normalized spacial score (nSPS) is 10.7. The highest BCUT2D eigenvalue weighted by Gasteiger charge is 2.08. The number of non-ortho nitro benzene ring substituents is 1. The van der Waals surface area contributed by atoms with E-state index in [1.54, 1.807) is 6.07 Å². The van der Waals surface area contributed by atoms with Crippen molar-refractivity contribution in [2.45, 2.75) is 0 Å². The number of benzene rings is 1. The van der Waals surface area contributed by atoms with Gasteiger partial charge in [-0.1, -0.05) is 12.1 Å². The van der Waals surface area contributed by atoms with E-state index >= 15 is 0 Å². The molecular weight excluding hydrogens is 254 g/mol. The van der Waals surface area contributed by atoms with Gasteiger partial charge in [0, 0.05) is 18.3 Å². The molecule has 0 saturated carbocycles. The van der Waals surface area contributed by atoms with Crippen molar-refractivity contribution < 1.29 is 14.8 Å². The zero-order chi connectivity index (χ0) is 13.8. The second kappa shape index (κ2) is 5.04. The molecule has 0 bridgehead atoms. The van der Waals surface area contributed by atoms with E-state index < -0.39 is 10.9 Å². The maximum absolute atomic E-state index is 10.6. The molecule has 0 fully saturated rings. The van der Waals surface area contributed by atoms with Crippen LogP contribution >= 0.6 is 0 Å². The summed E-state index contributed by atoms with van der Waals surface area (Å²) in [4.78, 5) is 28.0. The van der Waals surface area contributed by atoms with Crippen LogP contribution in [0.15, 0.2) is 29.3 Å². The molecule has 0 saturated heterocycles. The van der Waals surface area contributed by atoms with Gasteiger partial charge in [-0.2, -0.15) is 4.98 Å². The number of aromatic carboxylic acids is 1. The second-order valence-electron chi connectivity index (χ2n) is 3.40. The van der Waals surface area contributed by atoms with E-state index in [1.165, 1.54) is 24.4 Å². The largest absolute Gasteiger partial charge is 0.475 e. The Bertz CT molecular complexity index is 663. The summed E-state index contributed by atoms with van der Waals surface area (Å²) in [6, 6.07) is 5.81. The van der Waals surface area contributed by atoms with Crippen LogP contribution in [0, 0.1) is 10.1 Å². The first-order valence-corrected chi connectivity index (χ1v) is 5.00. The molecule has 2 rings (SSSR count). The molecule has 1 aromatic carbocycles. The lowest BCUT2D eigenvalue weighted by Crippen LogP contribution is -1.98. The molecule has 19 heavy (non-hydrogen) atoms. The quantitative estimate of drug-likeness (QED) is 0.481. The molecule has 9 heteroatoms. The van der Waals surface area contributed by atoms with Crippen LogP contribution in [0.5, 0.6) is 0 Å². The summed E-state index contributed by atoms with van der Waals surface area (Å²) in [5.41, 5.74) is 0.418. The molecule has 0 amide bonds. The van der Waals surface area contributed by atoms with E-state index in [-0.39, 0.29) is 17.5 Å². The van der Waals surface area contributed by atoms with Crippen molar-refractivity contribution in [1.82, 2.24) is 15.2 Å². The number of nitro benzene ring substituents is 1. The zero-order valence-corrected chi connectivity index (χ0v) is 9.35. The number of nitrogens with zero attached hydrogens (tertiary/aromatic N) is 4. The number of aromatic amines is 1. The third-order valence-electron chi connectivity index (χ3n) is 2.09. The van der Waals surface area contributed by atoms with Crippen LogP contribution in [0.1, 0.15) is 16.2 Å². The van der Waals surface area contributed by atoms with Crippen LogP contribution in [0.3, 0.4) is 0 Å². The lowest BCUT2D eigenvalue weighted by Gasteiger charge is -1.92. The van der Waals surface area contributed by atoms with E-state index in [2.05, 4.69) is 20.2 Å². The van der Waals surface area contributed by atoms with Crippen molar-refractivity contribution >= 4 is 23.8 Å². The lowest BCUT2D eigenvalue weighted by atomic mass is 10.2. The Morgan fingerprint density at radius 3 is 2.95 bits per heavy atom. The number of nitro groups is 1. The van der Waals surface area contributed by atoms with Gasteiger partial charge in [0.1, 0.15) is 0 Å². The van der Waals surface area contributed by atoms with E-state index in [9.17, 15) is 14.9 Å². The number of nitrogens with one attached hydrogen (secondary N) is 1. The topological polar surface area (TPSA) is 134 Å². The third kappa shape index (κ3) is 2.97. The summed E-state index contributed by atoms with van der Waals surface area (Å²) in [5, 5.41) is 24.9. The Balaban J connectivity index is 2.19. The third-order valence-corrected chi connectivity index (χ3v) is 2.09. The number of carbonyl (C=O) groups is 1. The number of carboxylic acid groups (broad SMARTS) is 1. The number of hydrogen-bond donors (Lipinski definition) is 2. The maximum atomic E-state index is 10.6. The highest BCUT2D eigenvalue weighted by atomic mass is 16.6. The second-order valence-corrected chi connectivity index (χ2v) is 3.40. The molecular formula is C10H7N5O4. The molecule has 0 aliphatic rings. The van der Waals surface area contributed by atoms with Crippen molar-refractivity contribution in [2.75, 3.05) is 0 Å². The monoisotopic (exact) mass is 261 g/mol. The van der Waals surface area contributed by atoms with Gasteiger partial charge in [-0.05, 0) is 5.56 Å². The Morgan fingerprint density at radius 2 is 2.32 bits per heavy atom. The summed E-state index contributed by atoms with van der Waals surface area (Å²) in [7, 11) is 0. The fraction of sp³-hybridized carbons (Fsp3) is 0. The van der Waals surface area contributed by atoms with Crippen LogP contribution in [-0.2, 0) is 0 Å². The Hall–Kier alpha value is -3.10. The van der Waals surface area contributed by atoms with Gasteiger partial charge in [0.05, 0.1) is 4.92 Å². The molecule has 0 aliphatic carbocycles. The summed E-state index contributed by atoms with van der Waals surface area (Å²) in [6.07, 6.45) is 1.31. The summed E-state index contributed by atoms with van der Waals surface area (Å²) in [5.74, 6) is -1.64. The highest BCUT2D eigenvalue weighted by Crippen LogP contribution is 2.12. The number of H-pyrrole nitrogens is 1. The van der Waals surface area contributed by atoms with Crippen molar-refractivity contribution in [3.05, 3.63) is 45.8 Å². The predicted molar refractivity (Wildman–Crippen MR) is 63.7 cm³/mol. The number of carboxylic acids is 1. The van der Waals surface area contributed by atoms with Crippen LogP contribution in [-0.4, -0.2) is 37.4 Å². The van der Waals surface area contributed by atoms with E-state index in [4.69, 9.17) is 5.11 Å². The first kappa shape index (κ1) is 12.4. The van der Waals surface area contributed by atoms with Gasteiger partial charge >= 0.3 is 5.97 Å². The van der Waals surface area contributed by atoms with Crippen LogP contribution in [0.4, 0.5) is 11.6 Å². The molecule has 0 aliphatic heterocycles. The molecule has 0 spiro atoms. The van der Waals surface area contributed by atoms with E-state index in [0.717, 1.165) is 0 Å². The first-order valence-electron chi connectivity index (χ1n) is 5.00. The maximum Gasteiger partial charge on any atom is 0.373 e. The van der Waals surface area contributed by atoms with Gasteiger partial charge in [-0.3, -0.25) is 15.2 Å². The van der Waals surface area contributed by atoms with Crippen LogP contribution in [0.25, 0.3) is 0 Å². The van der Waals surface area contributed by atoms with Gasteiger partial charge in [-0.15, -0.1) is 5.10 Å². The van der Waals surface area contributed by atoms with E-state index in [0.29, 0.717) is 5.56 Å². The number of rotatable bonds is 4. The van der Waals surface area contributed by atoms with Crippen LogP contribution < -0.4 is 0 Å². The lowest BCUT2D eigenvalue weighted by molar-refractivity contribution is -0.384. The minimum atomic E-state index is -1.25. The molecule has 0 atom stereocenters. The summed E-state index contributed by atoms with van der Waals surface area (Å²) < 4.78 is 0. The zero-order valence-electron chi connectivity index (χ0n) is 9.35. The molecule has 9 nitrogen and oxygen atoms in total. The number of aliphatic imine (C=N–C) groups is 1. The standard InChI is InChI=1S/C10H7N5O4/c16-9(17)8-12-10(14-13-8)11-5-6-2-1-3-7(4-6)15(18)19/h1-5H,(H,16,17)(H,12,13,14)/b11-5+. The highest BCUT2D eigenvalue weighted by molar-refractivity contribution is 5.84. The Kier molecular flexibility index (Phi) is 3.28. The van der Waals surface area contributed by atoms with Crippen molar-refractivity contribution in [1.29, 1.82) is 0 Å². The van der Waals surface area contributed by atoms with Gasteiger partial charge in [0.25, 0.3) is 11.6 Å². The minimum absolute atomic E-state index is 0.0647. The van der Waals surface area contributed by atoms with Gasteiger partial charge < -0.3 is 5.11 Å². The average Bonchev–Trinajstić information content (AvgIpc) is 2.85. The first-order chi connectivity index (χ1) is 9.06. The smallest absolute Gasteiger partial charge is 0.373 e. The minimum Gasteiger partial charge on any atom is -0.475 e. The molecule has 1 aromatic heterocycles. The van der Waals surface area contributed by atoms with Gasteiger partial charge in [0.2, 0.25) is 5.82 Å². The SMILES string of the molecule is O=C(O)c1nc(/N=C/c2cccc([N+](=O)[O-])c2)n[nH]1. The fourth-order valence-corrected chi connectivity index (χ4v) is 1.26. The van der Waals surface area contributed by atoms with Crippen molar-refractivity contribution in [3.8, 4) is 0 Å². The molecule has 96 valence electrons. The van der Waals surface area contributed by atoms with Gasteiger partial charge in [-0.25, -0.2) is 9.79 Å². The summed E-state index contributed by atoms with van der Waals surface area (Å²) in [6.45, 7) is 0. The Morgan fingerprint density at radius 1 is 1.53 bits per heavy atom. The number of aromatic nitrogens is 3. The number of hydrogen-bond acceptors (Lipinski definition) is 6. The molecule has 1 heterocycles. The summed E-state index contributed by atoms with van der Waals surface area (Å²) >= 11 is 0. The predicted octanol–water partition coefficient (Wildman–Crippen LogP) is 1.16. The van der Waals surface area contributed by atoms with Crippen LogP contribution in [0.2, 0.25) is 0 Å². The van der Waals surface area contributed by atoms with Gasteiger partial charge in [0.15, 0.2) is 0 Å². The molecule has 0 unspecified atom stereocenters. The Labute approximate surface area is 105 Å². The average molecular weight is 261 g/mol. The fourth-order valence-electron chi connectivity index (χ4n) is 1.26.